The van der Waals surface area contributed by atoms with E-state index in [1.807, 2.05) is 13.0 Å². The minimum atomic E-state index is -0.218. The topological polar surface area (TPSA) is 29.1 Å². The zero-order chi connectivity index (χ0) is 12.0. The standard InChI is InChI=1S/C13H18FNO/c1-3-6-10(9-13(16)15-2)11-7-4-5-8-12(11)14/h4-5,7-8,10H,3,6,9H2,1-2H3,(H,15,16). The van der Waals surface area contributed by atoms with Crippen molar-refractivity contribution in [3.8, 4) is 0 Å². The van der Waals surface area contributed by atoms with E-state index in [1.165, 1.54) is 6.07 Å². The van der Waals surface area contributed by atoms with Crippen LogP contribution in [-0.2, 0) is 4.79 Å². The Morgan fingerprint density at radius 1 is 1.44 bits per heavy atom. The van der Waals surface area contributed by atoms with E-state index in [-0.39, 0.29) is 17.6 Å². The Hall–Kier alpha value is -1.38. The maximum absolute atomic E-state index is 13.6. The van der Waals surface area contributed by atoms with Crippen LogP contribution in [0.5, 0.6) is 0 Å². The van der Waals surface area contributed by atoms with Gasteiger partial charge < -0.3 is 5.32 Å². The second kappa shape index (κ2) is 6.26. The average molecular weight is 223 g/mol. The number of amides is 1. The molecule has 1 rings (SSSR count). The molecule has 0 heterocycles. The number of halogens is 1. The van der Waals surface area contributed by atoms with Crippen molar-refractivity contribution in [2.24, 2.45) is 0 Å². The molecule has 0 saturated heterocycles. The fourth-order valence-corrected chi connectivity index (χ4v) is 1.85. The second-order valence-corrected chi connectivity index (χ2v) is 3.88. The highest BCUT2D eigenvalue weighted by atomic mass is 19.1. The Morgan fingerprint density at radius 3 is 2.69 bits per heavy atom. The minimum Gasteiger partial charge on any atom is -0.359 e. The highest BCUT2D eigenvalue weighted by molar-refractivity contribution is 5.76. The summed E-state index contributed by atoms with van der Waals surface area (Å²) in [5, 5.41) is 2.58. The van der Waals surface area contributed by atoms with E-state index in [9.17, 15) is 9.18 Å². The molecule has 1 N–H and O–H groups in total. The van der Waals surface area contributed by atoms with E-state index in [4.69, 9.17) is 0 Å². The quantitative estimate of drug-likeness (QED) is 0.817. The highest BCUT2D eigenvalue weighted by Crippen LogP contribution is 2.26. The molecule has 0 bridgehead atoms. The molecule has 1 amide bonds. The largest absolute Gasteiger partial charge is 0.359 e. The van der Waals surface area contributed by atoms with E-state index in [1.54, 1.807) is 19.2 Å². The molecule has 0 aliphatic rings. The van der Waals surface area contributed by atoms with Gasteiger partial charge >= 0.3 is 0 Å². The summed E-state index contributed by atoms with van der Waals surface area (Å²) in [6, 6.07) is 6.69. The van der Waals surface area contributed by atoms with Gasteiger partial charge in [-0.05, 0) is 24.0 Å². The molecule has 0 spiro atoms. The zero-order valence-electron chi connectivity index (χ0n) is 9.79. The summed E-state index contributed by atoms with van der Waals surface area (Å²) in [6.07, 6.45) is 2.12. The van der Waals surface area contributed by atoms with Crippen molar-refractivity contribution in [3.63, 3.8) is 0 Å². The smallest absolute Gasteiger partial charge is 0.220 e. The van der Waals surface area contributed by atoms with Gasteiger partial charge in [0.15, 0.2) is 0 Å². The Labute approximate surface area is 95.9 Å². The van der Waals surface area contributed by atoms with Crippen LogP contribution in [0, 0.1) is 5.82 Å². The van der Waals surface area contributed by atoms with Crippen LogP contribution < -0.4 is 5.32 Å². The van der Waals surface area contributed by atoms with Gasteiger partial charge in [-0.1, -0.05) is 31.5 Å². The number of rotatable bonds is 5. The predicted octanol–water partition coefficient (Wildman–Crippen LogP) is 2.85. The van der Waals surface area contributed by atoms with Crippen LogP contribution in [0.3, 0.4) is 0 Å². The Balaban J connectivity index is 2.85. The summed E-state index contributed by atoms with van der Waals surface area (Å²) in [7, 11) is 1.60. The fourth-order valence-electron chi connectivity index (χ4n) is 1.85. The van der Waals surface area contributed by atoms with Gasteiger partial charge in [0.05, 0.1) is 0 Å². The monoisotopic (exact) mass is 223 g/mol. The summed E-state index contributed by atoms with van der Waals surface area (Å²) in [5.74, 6) is -0.280. The molecule has 0 fully saturated rings. The van der Waals surface area contributed by atoms with E-state index in [0.29, 0.717) is 12.0 Å². The van der Waals surface area contributed by atoms with Gasteiger partial charge in [0.2, 0.25) is 5.91 Å². The van der Waals surface area contributed by atoms with Crippen molar-refractivity contribution in [1.82, 2.24) is 5.32 Å². The Bertz CT molecular complexity index is 352. The highest BCUT2D eigenvalue weighted by Gasteiger charge is 2.17. The first-order valence-corrected chi connectivity index (χ1v) is 5.64. The lowest BCUT2D eigenvalue weighted by Crippen LogP contribution is -2.20. The van der Waals surface area contributed by atoms with Crippen LogP contribution >= 0.6 is 0 Å². The van der Waals surface area contributed by atoms with Gasteiger partial charge in [-0.15, -0.1) is 0 Å². The second-order valence-electron chi connectivity index (χ2n) is 3.88. The predicted molar refractivity (Wildman–Crippen MR) is 62.7 cm³/mol. The summed E-state index contributed by atoms with van der Waals surface area (Å²) < 4.78 is 13.6. The molecule has 88 valence electrons. The average Bonchev–Trinajstić information content (AvgIpc) is 2.29. The lowest BCUT2D eigenvalue weighted by molar-refractivity contribution is -0.121. The zero-order valence-corrected chi connectivity index (χ0v) is 9.79. The van der Waals surface area contributed by atoms with Gasteiger partial charge in [0.1, 0.15) is 5.82 Å². The number of hydrogen-bond acceptors (Lipinski definition) is 1. The molecule has 0 aromatic heterocycles. The summed E-state index contributed by atoms with van der Waals surface area (Å²) in [6.45, 7) is 2.04. The lowest BCUT2D eigenvalue weighted by atomic mass is 9.91. The van der Waals surface area contributed by atoms with Crippen LogP contribution in [0.25, 0.3) is 0 Å². The number of carbonyl (C=O) groups is 1. The van der Waals surface area contributed by atoms with Crippen LogP contribution in [0.15, 0.2) is 24.3 Å². The summed E-state index contributed by atoms with van der Waals surface area (Å²) >= 11 is 0. The first-order valence-electron chi connectivity index (χ1n) is 5.64. The SMILES string of the molecule is CCCC(CC(=O)NC)c1ccccc1F. The van der Waals surface area contributed by atoms with E-state index >= 15 is 0 Å². The summed E-state index contributed by atoms with van der Waals surface area (Å²) in [4.78, 5) is 11.3. The molecule has 1 aromatic rings. The molecular formula is C13H18FNO. The molecule has 0 aliphatic carbocycles. The van der Waals surface area contributed by atoms with Crippen LogP contribution in [0.4, 0.5) is 4.39 Å². The van der Waals surface area contributed by atoms with Crippen molar-refractivity contribution in [2.45, 2.75) is 32.1 Å². The minimum absolute atomic E-state index is 0.0221. The van der Waals surface area contributed by atoms with Gasteiger partial charge in [0, 0.05) is 13.5 Å². The van der Waals surface area contributed by atoms with Crippen molar-refractivity contribution < 1.29 is 9.18 Å². The maximum atomic E-state index is 13.6. The third-order valence-corrected chi connectivity index (χ3v) is 2.69. The third-order valence-electron chi connectivity index (χ3n) is 2.69. The van der Waals surface area contributed by atoms with E-state index < -0.39 is 0 Å². The number of carbonyl (C=O) groups excluding carboxylic acids is 1. The number of hydrogen-bond donors (Lipinski definition) is 1. The Kier molecular flexibility index (Phi) is 4.96. The van der Waals surface area contributed by atoms with Gasteiger partial charge in [-0.3, -0.25) is 4.79 Å². The van der Waals surface area contributed by atoms with Gasteiger partial charge in [-0.25, -0.2) is 4.39 Å². The van der Waals surface area contributed by atoms with Crippen molar-refractivity contribution >= 4 is 5.91 Å². The van der Waals surface area contributed by atoms with E-state index in [2.05, 4.69) is 5.32 Å². The molecule has 0 radical (unpaired) electrons. The molecule has 1 aromatic carbocycles. The number of nitrogens with one attached hydrogen (secondary N) is 1. The van der Waals surface area contributed by atoms with Crippen molar-refractivity contribution in [1.29, 1.82) is 0 Å². The third kappa shape index (κ3) is 3.33. The van der Waals surface area contributed by atoms with Gasteiger partial charge in [-0.2, -0.15) is 0 Å². The van der Waals surface area contributed by atoms with Crippen LogP contribution in [0.2, 0.25) is 0 Å². The maximum Gasteiger partial charge on any atom is 0.220 e. The Morgan fingerprint density at radius 2 is 2.12 bits per heavy atom. The molecule has 0 aliphatic heterocycles. The first-order chi connectivity index (χ1) is 7.69. The molecule has 1 atom stereocenters. The first kappa shape index (κ1) is 12.7. The normalized spacial score (nSPS) is 12.2. The van der Waals surface area contributed by atoms with E-state index in [0.717, 1.165) is 12.8 Å². The number of benzene rings is 1. The molecule has 0 saturated carbocycles. The van der Waals surface area contributed by atoms with Crippen molar-refractivity contribution in [3.05, 3.63) is 35.6 Å². The van der Waals surface area contributed by atoms with Crippen molar-refractivity contribution in [2.75, 3.05) is 7.05 Å². The lowest BCUT2D eigenvalue weighted by Gasteiger charge is -2.16. The summed E-state index contributed by atoms with van der Waals surface area (Å²) in [5.41, 5.74) is 0.646. The molecular weight excluding hydrogens is 205 g/mol. The molecule has 2 nitrogen and oxygen atoms in total. The fraction of sp³-hybridized carbons (Fsp3) is 0.462. The van der Waals surface area contributed by atoms with Crippen LogP contribution in [-0.4, -0.2) is 13.0 Å². The van der Waals surface area contributed by atoms with Crippen LogP contribution in [0.1, 0.15) is 37.7 Å². The van der Waals surface area contributed by atoms with Gasteiger partial charge in [0.25, 0.3) is 0 Å². The molecule has 1 unspecified atom stereocenters. The molecule has 3 heteroatoms. The molecule has 16 heavy (non-hydrogen) atoms.